The van der Waals surface area contributed by atoms with Gasteiger partial charge in [0.1, 0.15) is 25.1 Å². The zero-order valence-electron chi connectivity index (χ0n) is 22.4. The van der Waals surface area contributed by atoms with Gasteiger partial charge in [-0.3, -0.25) is 9.59 Å². The van der Waals surface area contributed by atoms with Crippen LogP contribution < -0.4 is 10.1 Å². The van der Waals surface area contributed by atoms with Crippen molar-refractivity contribution < 1.29 is 24.5 Å². The highest BCUT2D eigenvalue weighted by Crippen LogP contribution is 2.49. The first kappa shape index (κ1) is 28.4. The van der Waals surface area contributed by atoms with Crippen LogP contribution in [0.5, 0.6) is 5.75 Å². The van der Waals surface area contributed by atoms with Gasteiger partial charge in [-0.15, -0.1) is 11.3 Å². The van der Waals surface area contributed by atoms with E-state index in [1.165, 1.54) is 16.0 Å². The third-order valence-corrected chi connectivity index (χ3v) is 8.57. The number of Topliss-reactive ketones (excluding diaryl/α,β-unsaturated/α-hetero) is 1. The van der Waals surface area contributed by atoms with Crippen LogP contribution in [0.3, 0.4) is 0 Å². The second-order valence-electron chi connectivity index (χ2n) is 10.4. The Morgan fingerprint density at radius 2 is 1.86 bits per heavy atom. The molecule has 1 aromatic heterocycles. The van der Waals surface area contributed by atoms with E-state index in [1.54, 1.807) is 11.3 Å². The summed E-state index contributed by atoms with van der Waals surface area (Å²) in [7, 11) is 0. The number of amides is 1. The molecule has 3 rings (SSSR count). The third kappa shape index (κ3) is 6.36. The highest BCUT2D eigenvalue weighted by Gasteiger charge is 2.38. The molecule has 1 aliphatic rings. The molecule has 3 atom stereocenters. The first-order valence-electron chi connectivity index (χ1n) is 13.0. The largest absolute Gasteiger partial charge is 0.490 e. The fourth-order valence-corrected chi connectivity index (χ4v) is 6.85. The van der Waals surface area contributed by atoms with Gasteiger partial charge in [0.15, 0.2) is 5.78 Å². The van der Waals surface area contributed by atoms with E-state index in [4.69, 9.17) is 9.84 Å². The highest BCUT2D eigenvalue weighted by atomic mass is 32.1. The molecule has 2 aromatic rings. The van der Waals surface area contributed by atoms with Crippen LogP contribution in [0.15, 0.2) is 12.1 Å². The normalized spacial score (nSPS) is 17.8. The number of benzene rings is 1. The molecule has 0 saturated carbocycles. The average Bonchev–Trinajstić information content (AvgIpc) is 3.38. The summed E-state index contributed by atoms with van der Waals surface area (Å²) in [4.78, 5) is 26.7. The smallest absolute Gasteiger partial charge is 0.245 e. The summed E-state index contributed by atoms with van der Waals surface area (Å²) in [6.07, 6.45) is 2.43. The van der Waals surface area contributed by atoms with Crippen LogP contribution in [0.2, 0.25) is 0 Å². The van der Waals surface area contributed by atoms with Gasteiger partial charge in [0.2, 0.25) is 5.91 Å². The average molecular weight is 516 g/mol. The predicted octanol–water partition coefficient (Wildman–Crippen LogP) is 4.66. The van der Waals surface area contributed by atoms with Crippen molar-refractivity contribution in [2.24, 2.45) is 11.8 Å². The fourth-order valence-electron chi connectivity index (χ4n) is 5.63. The third-order valence-electron chi connectivity index (χ3n) is 7.37. The van der Waals surface area contributed by atoms with Gasteiger partial charge in [-0.25, -0.2) is 0 Å². The monoisotopic (exact) mass is 515 g/mol. The molecule has 198 valence electrons. The first-order chi connectivity index (χ1) is 17.1. The molecular formula is C29H41NO5S. The molecule has 1 amide bonds. The van der Waals surface area contributed by atoms with Crippen LogP contribution in [-0.2, 0) is 17.6 Å². The Kier molecular flexibility index (Phi) is 9.72. The van der Waals surface area contributed by atoms with Gasteiger partial charge in [-0.05, 0) is 85.6 Å². The number of aryl methyl sites for hydroxylation is 4. The van der Waals surface area contributed by atoms with E-state index in [-0.39, 0.29) is 18.9 Å². The van der Waals surface area contributed by atoms with Crippen molar-refractivity contribution in [3.63, 3.8) is 0 Å². The number of ether oxygens (including phenoxy) is 1. The van der Waals surface area contributed by atoms with Crippen molar-refractivity contribution in [3.8, 4) is 5.75 Å². The predicted molar refractivity (Wildman–Crippen MR) is 144 cm³/mol. The second-order valence-corrected chi connectivity index (χ2v) is 11.6. The Hall–Kier alpha value is -2.22. The van der Waals surface area contributed by atoms with Crippen molar-refractivity contribution in [1.82, 2.24) is 5.32 Å². The molecule has 1 aliphatic carbocycles. The van der Waals surface area contributed by atoms with Crippen LogP contribution in [0.1, 0.15) is 81.9 Å². The molecule has 0 saturated heterocycles. The van der Waals surface area contributed by atoms with Gasteiger partial charge in [-0.1, -0.05) is 32.9 Å². The van der Waals surface area contributed by atoms with E-state index < -0.39 is 18.6 Å². The minimum atomic E-state index is -0.879. The zero-order valence-corrected chi connectivity index (χ0v) is 23.3. The van der Waals surface area contributed by atoms with Crippen LogP contribution in [0.25, 0.3) is 0 Å². The molecule has 0 aliphatic heterocycles. The molecule has 0 spiro atoms. The van der Waals surface area contributed by atoms with Gasteiger partial charge in [-0.2, -0.15) is 0 Å². The number of carbonyl (C=O) groups excluding carboxylic acids is 2. The molecule has 1 aromatic carbocycles. The number of rotatable bonds is 12. The molecule has 1 heterocycles. The van der Waals surface area contributed by atoms with Crippen molar-refractivity contribution in [3.05, 3.63) is 49.7 Å². The summed E-state index contributed by atoms with van der Waals surface area (Å²) < 4.78 is 5.82. The van der Waals surface area contributed by atoms with E-state index in [0.29, 0.717) is 36.3 Å². The first-order valence-corrected chi connectivity index (χ1v) is 13.8. The number of aliphatic hydroxyl groups excluding tert-OH is 2. The van der Waals surface area contributed by atoms with Crippen molar-refractivity contribution >= 4 is 23.0 Å². The van der Waals surface area contributed by atoms with Gasteiger partial charge in [0.25, 0.3) is 0 Å². The summed E-state index contributed by atoms with van der Waals surface area (Å²) >= 11 is 1.68. The number of ketones is 1. The molecule has 6 nitrogen and oxygen atoms in total. The van der Waals surface area contributed by atoms with E-state index in [1.807, 2.05) is 26.0 Å². The van der Waals surface area contributed by atoms with E-state index in [9.17, 15) is 14.7 Å². The van der Waals surface area contributed by atoms with E-state index in [0.717, 1.165) is 34.4 Å². The summed E-state index contributed by atoms with van der Waals surface area (Å²) in [6.45, 7) is 12.4. The number of aliphatic hydroxyl groups is 2. The Morgan fingerprint density at radius 3 is 2.44 bits per heavy atom. The maximum atomic E-state index is 13.3. The van der Waals surface area contributed by atoms with Crippen molar-refractivity contribution in [1.29, 1.82) is 0 Å². The lowest BCUT2D eigenvalue weighted by Crippen LogP contribution is -2.36. The highest BCUT2D eigenvalue weighted by molar-refractivity contribution is 7.14. The summed E-state index contributed by atoms with van der Waals surface area (Å²) in [5.74, 6) is 2.22. The SMILES string of the molecule is CC[C@H]1c2c(C)sc(C(=O)CCc3cc(C)c(OCC(O)CNC(=O)CO)c(C)c3)c2C[C@H]1C(C)C. The number of carbonyl (C=O) groups is 2. The molecule has 36 heavy (non-hydrogen) atoms. The van der Waals surface area contributed by atoms with Gasteiger partial charge in [0, 0.05) is 17.8 Å². The number of nitrogens with one attached hydrogen (secondary N) is 1. The maximum Gasteiger partial charge on any atom is 0.245 e. The van der Waals surface area contributed by atoms with Gasteiger partial charge >= 0.3 is 0 Å². The van der Waals surface area contributed by atoms with Crippen LogP contribution in [0, 0.1) is 32.6 Å². The van der Waals surface area contributed by atoms with Crippen LogP contribution >= 0.6 is 11.3 Å². The fraction of sp³-hybridized carbons (Fsp3) is 0.586. The van der Waals surface area contributed by atoms with Crippen molar-refractivity contribution in [2.75, 3.05) is 19.8 Å². The summed E-state index contributed by atoms with van der Waals surface area (Å²) in [6, 6.07) is 4.09. The number of thiophene rings is 1. The zero-order chi connectivity index (χ0) is 26.6. The molecule has 0 bridgehead atoms. The Bertz CT molecular complexity index is 1070. The minimum Gasteiger partial charge on any atom is -0.490 e. The summed E-state index contributed by atoms with van der Waals surface area (Å²) in [5.41, 5.74) is 5.76. The van der Waals surface area contributed by atoms with Crippen molar-refractivity contribution in [2.45, 2.75) is 79.2 Å². The lowest BCUT2D eigenvalue weighted by Gasteiger charge is -2.23. The maximum absolute atomic E-state index is 13.3. The Labute approximate surface area is 219 Å². The van der Waals surface area contributed by atoms with Gasteiger partial charge in [0.05, 0.1) is 4.88 Å². The number of fused-ring (bicyclic) bond motifs is 1. The quantitative estimate of drug-likeness (QED) is 0.358. The molecular weight excluding hydrogens is 474 g/mol. The topological polar surface area (TPSA) is 95.9 Å². The minimum absolute atomic E-state index is 0.0144. The van der Waals surface area contributed by atoms with Crippen LogP contribution in [-0.4, -0.2) is 47.8 Å². The summed E-state index contributed by atoms with van der Waals surface area (Å²) in [5, 5.41) is 21.2. The number of hydrogen-bond acceptors (Lipinski definition) is 6. The van der Waals surface area contributed by atoms with Gasteiger partial charge < -0.3 is 20.3 Å². The van der Waals surface area contributed by atoms with Crippen LogP contribution in [0.4, 0.5) is 0 Å². The second kappa shape index (κ2) is 12.3. The molecule has 3 N–H and O–H groups in total. The van der Waals surface area contributed by atoms with E-state index in [2.05, 4.69) is 33.0 Å². The lowest BCUT2D eigenvalue weighted by atomic mass is 9.82. The molecule has 7 heteroatoms. The molecule has 0 radical (unpaired) electrons. The molecule has 0 fully saturated rings. The lowest BCUT2D eigenvalue weighted by molar-refractivity contribution is -0.124. The van der Waals surface area contributed by atoms with E-state index >= 15 is 0 Å². The Morgan fingerprint density at radius 1 is 1.19 bits per heavy atom. The Balaban J connectivity index is 1.63. The standard InChI is InChI=1S/C29H41NO5S/c1-7-22-23(16(2)3)12-24-27(22)19(6)36-29(24)25(33)9-8-20-10-17(4)28(18(5)11-20)35-15-21(32)13-30-26(34)14-31/h10-11,16,21-23,31-32H,7-9,12-15H2,1-6H3,(H,30,34)/t21?,22-,23+/m1/s1. The molecule has 1 unspecified atom stereocenters. The number of hydrogen-bond donors (Lipinski definition) is 3.